The average Bonchev–Trinajstić information content (AvgIpc) is 2.17. The van der Waals surface area contributed by atoms with Crippen molar-refractivity contribution in [3.63, 3.8) is 0 Å². The molecule has 0 N–H and O–H groups in total. The van der Waals surface area contributed by atoms with E-state index in [2.05, 4.69) is 11.8 Å². The molecule has 0 aliphatic carbocycles. The first-order chi connectivity index (χ1) is 3.22. The summed E-state index contributed by atoms with van der Waals surface area (Å²) in [6.45, 7) is 2.07. The Labute approximate surface area is 44.1 Å². The molecule has 1 saturated heterocycles. The van der Waals surface area contributed by atoms with Crippen molar-refractivity contribution in [2.24, 2.45) is 0 Å². The summed E-state index contributed by atoms with van der Waals surface area (Å²) in [5, 5.41) is 0. The van der Waals surface area contributed by atoms with Gasteiger partial charge in [0, 0.05) is 0 Å². The van der Waals surface area contributed by atoms with Gasteiger partial charge in [0.05, 0.1) is 6.10 Å². The van der Waals surface area contributed by atoms with Gasteiger partial charge >= 0.3 is 0 Å². The normalized spacial score (nSPS) is 39.4. The van der Waals surface area contributed by atoms with Crippen LogP contribution < -0.4 is 0 Å². The van der Waals surface area contributed by atoms with E-state index in [9.17, 15) is 0 Å². The minimum atomic E-state index is 0.403. The van der Waals surface area contributed by atoms with Gasteiger partial charge in [0.15, 0.2) is 0 Å². The van der Waals surface area contributed by atoms with Crippen molar-refractivity contribution < 1.29 is 4.74 Å². The molecule has 1 aliphatic rings. The molecule has 0 bridgehead atoms. The molecule has 0 aromatic carbocycles. The fraction of sp³-hybridized carbons (Fsp3) is 1.00. The highest BCUT2D eigenvalue weighted by Crippen LogP contribution is 2.21. The lowest BCUT2D eigenvalue weighted by atomic mass is 10.5. The average molecular weight is 101 g/mol. The molecule has 42 valence electrons. The molecular formula is C5H11NO. The molecule has 2 atom stereocenters. The monoisotopic (exact) mass is 101 g/mol. The molecule has 1 rings (SSSR count). The zero-order chi connectivity index (χ0) is 5.44. The van der Waals surface area contributed by atoms with Crippen LogP contribution in [-0.2, 0) is 4.74 Å². The van der Waals surface area contributed by atoms with E-state index >= 15 is 0 Å². The Morgan fingerprint density at radius 3 is 1.86 bits per heavy atom. The molecule has 2 nitrogen and oxygen atoms in total. The third-order valence-electron chi connectivity index (χ3n) is 1.19. The Morgan fingerprint density at radius 2 is 1.86 bits per heavy atom. The van der Waals surface area contributed by atoms with Gasteiger partial charge in [-0.25, -0.2) is 0 Å². The van der Waals surface area contributed by atoms with Gasteiger partial charge in [-0.1, -0.05) is 0 Å². The maximum absolute atomic E-state index is 5.10. The molecule has 0 saturated carbocycles. The first-order valence-electron chi connectivity index (χ1n) is 2.53. The van der Waals surface area contributed by atoms with Gasteiger partial charge in [-0.15, -0.1) is 0 Å². The van der Waals surface area contributed by atoms with Crippen molar-refractivity contribution in [1.29, 1.82) is 0 Å². The third kappa shape index (κ3) is 0.924. The smallest absolute Gasteiger partial charge is 0.136 e. The molecular weight excluding hydrogens is 90.1 g/mol. The second-order valence-corrected chi connectivity index (χ2v) is 2.20. The van der Waals surface area contributed by atoms with E-state index < -0.39 is 0 Å². The Balaban J connectivity index is 2.20. The van der Waals surface area contributed by atoms with Crippen molar-refractivity contribution in [1.82, 2.24) is 4.90 Å². The van der Waals surface area contributed by atoms with Crippen LogP contribution in [0.1, 0.15) is 6.92 Å². The van der Waals surface area contributed by atoms with Gasteiger partial charge < -0.3 is 4.74 Å². The fourth-order valence-electron chi connectivity index (χ4n) is 0.716. The molecule has 1 aliphatic heterocycles. The largest absolute Gasteiger partial charge is 0.353 e. The molecule has 0 radical (unpaired) electrons. The molecule has 2 heteroatoms. The highest BCUT2D eigenvalue weighted by atomic mass is 16.6. The minimum absolute atomic E-state index is 0.403. The molecule has 1 fully saturated rings. The summed E-state index contributed by atoms with van der Waals surface area (Å²) in [7, 11) is 4.04. The quantitative estimate of drug-likeness (QED) is 0.441. The van der Waals surface area contributed by atoms with Crippen LogP contribution in [-0.4, -0.2) is 31.3 Å². The first-order valence-corrected chi connectivity index (χ1v) is 2.53. The van der Waals surface area contributed by atoms with Crippen LogP contribution in [0.3, 0.4) is 0 Å². The zero-order valence-electron chi connectivity index (χ0n) is 5.01. The highest BCUT2D eigenvalue weighted by Gasteiger charge is 2.35. The molecule has 0 spiro atoms. The summed E-state index contributed by atoms with van der Waals surface area (Å²) in [6.07, 6.45) is 0.870. The van der Waals surface area contributed by atoms with E-state index in [4.69, 9.17) is 4.74 Å². The Bertz CT molecular complexity index is 72.5. The van der Waals surface area contributed by atoms with Gasteiger partial charge in [-0.2, -0.15) is 0 Å². The summed E-state index contributed by atoms with van der Waals surface area (Å²) in [5.41, 5.74) is 0. The number of ether oxygens (including phenoxy) is 1. The summed E-state index contributed by atoms with van der Waals surface area (Å²) < 4.78 is 5.10. The van der Waals surface area contributed by atoms with Crippen LogP contribution in [0, 0.1) is 0 Å². The number of hydrogen-bond acceptors (Lipinski definition) is 2. The van der Waals surface area contributed by atoms with Gasteiger partial charge in [-0.05, 0) is 21.0 Å². The van der Waals surface area contributed by atoms with Crippen molar-refractivity contribution in [2.45, 2.75) is 19.3 Å². The number of epoxide rings is 1. The number of hydrogen-bond donors (Lipinski definition) is 0. The molecule has 2 unspecified atom stereocenters. The first kappa shape index (κ1) is 5.06. The maximum Gasteiger partial charge on any atom is 0.136 e. The third-order valence-corrected chi connectivity index (χ3v) is 1.19. The molecule has 7 heavy (non-hydrogen) atoms. The van der Waals surface area contributed by atoms with Gasteiger partial charge in [-0.3, -0.25) is 4.90 Å². The van der Waals surface area contributed by atoms with Gasteiger partial charge in [0.1, 0.15) is 6.23 Å². The minimum Gasteiger partial charge on any atom is -0.353 e. The van der Waals surface area contributed by atoms with Gasteiger partial charge in [0.25, 0.3) is 0 Å². The van der Waals surface area contributed by atoms with E-state index in [1.807, 2.05) is 14.1 Å². The second kappa shape index (κ2) is 1.46. The molecule has 0 aromatic rings. The lowest BCUT2D eigenvalue weighted by Gasteiger charge is -2.01. The molecule has 0 amide bonds. The van der Waals surface area contributed by atoms with E-state index in [0.717, 1.165) is 0 Å². The predicted molar refractivity (Wildman–Crippen MR) is 28.0 cm³/mol. The maximum atomic E-state index is 5.10. The van der Waals surface area contributed by atoms with Crippen LogP contribution in [0.15, 0.2) is 0 Å². The van der Waals surface area contributed by atoms with Crippen LogP contribution in [0.2, 0.25) is 0 Å². The summed E-state index contributed by atoms with van der Waals surface area (Å²) in [5.74, 6) is 0. The Hall–Kier alpha value is -0.0800. The van der Waals surface area contributed by atoms with E-state index in [1.165, 1.54) is 0 Å². The molecule has 0 aromatic heterocycles. The van der Waals surface area contributed by atoms with Crippen molar-refractivity contribution in [2.75, 3.05) is 14.1 Å². The van der Waals surface area contributed by atoms with Crippen LogP contribution in [0.4, 0.5) is 0 Å². The standard InChI is InChI=1S/C5H11NO/c1-4-5(7-4)6(2)3/h4-5H,1-3H3. The topological polar surface area (TPSA) is 15.8 Å². The summed E-state index contributed by atoms with van der Waals surface area (Å²) in [4.78, 5) is 2.07. The highest BCUT2D eigenvalue weighted by molar-refractivity contribution is 4.76. The number of rotatable bonds is 1. The van der Waals surface area contributed by atoms with Crippen molar-refractivity contribution in [3.8, 4) is 0 Å². The summed E-state index contributed by atoms with van der Waals surface area (Å²) >= 11 is 0. The zero-order valence-corrected chi connectivity index (χ0v) is 5.01. The van der Waals surface area contributed by atoms with Crippen LogP contribution >= 0.6 is 0 Å². The van der Waals surface area contributed by atoms with Crippen LogP contribution in [0.5, 0.6) is 0 Å². The lowest BCUT2D eigenvalue weighted by molar-refractivity contribution is 0.245. The number of likely N-dealkylation sites (N-methyl/N-ethyl adjacent to an activating group) is 1. The van der Waals surface area contributed by atoms with Gasteiger partial charge in [0.2, 0.25) is 0 Å². The second-order valence-electron chi connectivity index (χ2n) is 2.20. The molecule has 1 heterocycles. The Morgan fingerprint density at radius 1 is 1.43 bits per heavy atom. The van der Waals surface area contributed by atoms with E-state index in [-0.39, 0.29) is 0 Å². The fourth-order valence-corrected chi connectivity index (χ4v) is 0.716. The predicted octanol–water partition coefficient (Wildman–Crippen LogP) is 0.293. The van der Waals surface area contributed by atoms with E-state index in [0.29, 0.717) is 12.3 Å². The SMILES string of the molecule is CC1OC1N(C)C. The number of nitrogens with zero attached hydrogens (tertiary/aromatic N) is 1. The van der Waals surface area contributed by atoms with Crippen molar-refractivity contribution >= 4 is 0 Å². The van der Waals surface area contributed by atoms with Crippen molar-refractivity contribution in [3.05, 3.63) is 0 Å². The van der Waals surface area contributed by atoms with E-state index in [1.54, 1.807) is 0 Å². The van der Waals surface area contributed by atoms with Crippen LogP contribution in [0.25, 0.3) is 0 Å². The Kier molecular flexibility index (Phi) is 1.05. The summed E-state index contributed by atoms with van der Waals surface area (Å²) in [6, 6.07) is 0. The lowest BCUT2D eigenvalue weighted by Crippen LogP contribution is -2.16.